The molecule has 0 N–H and O–H groups in total. The first-order valence-electron chi connectivity index (χ1n) is 17.8. The molecule has 0 aliphatic rings. The SMILES string of the molecule is c1ccc(-c2ccc(-c3nnc(-n4c5c6ccccc6ccc5c5cc6c7ccccc7n7c8ccccc8c(c54)c67)c4ccccc34)cc2)cc1. The van der Waals surface area contributed by atoms with Crippen LogP contribution in [0.2, 0.25) is 0 Å². The zero-order valence-electron chi connectivity index (χ0n) is 28.0. The first kappa shape index (κ1) is 27.7. The van der Waals surface area contributed by atoms with Crippen LogP contribution in [0, 0.1) is 0 Å². The van der Waals surface area contributed by atoms with E-state index in [-0.39, 0.29) is 0 Å². The predicted octanol–water partition coefficient (Wildman–Crippen LogP) is 12.4. The van der Waals surface area contributed by atoms with E-state index in [4.69, 9.17) is 10.2 Å². The molecule has 0 aliphatic carbocycles. The Bertz CT molecular complexity index is 3390. The van der Waals surface area contributed by atoms with Crippen molar-refractivity contribution in [1.29, 1.82) is 0 Å². The lowest BCUT2D eigenvalue weighted by molar-refractivity contribution is 0.980. The Morgan fingerprint density at radius 2 is 0.942 bits per heavy atom. The van der Waals surface area contributed by atoms with Gasteiger partial charge in [-0.2, -0.15) is 0 Å². The number of rotatable bonds is 3. The van der Waals surface area contributed by atoms with Gasteiger partial charge in [0.15, 0.2) is 5.82 Å². The summed E-state index contributed by atoms with van der Waals surface area (Å²) in [5, 5.41) is 22.2. The molecule has 0 aliphatic heterocycles. The molecule has 0 unspecified atom stereocenters. The summed E-state index contributed by atoms with van der Waals surface area (Å²) >= 11 is 0. The molecule has 0 saturated carbocycles. The van der Waals surface area contributed by atoms with Gasteiger partial charge in [0.25, 0.3) is 0 Å². The molecule has 4 heterocycles. The van der Waals surface area contributed by atoms with Gasteiger partial charge in [0.2, 0.25) is 0 Å². The Kier molecular flexibility index (Phi) is 5.47. The molecule has 240 valence electrons. The maximum atomic E-state index is 5.19. The fourth-order valence-electron chi connectivity index (χ4n) is 8.90. The molecule has 12 aromatic rings. The van der Waals surface area contributed by atoms with Gasteiger partial charge >= 0.3 is 0 Å². The Hall–Kier alpha value is -7.04. The van der Waals surface area contributed by atoms with E-state index in [1.807, 2.05) is 0 Å². The van der Waals surface area contributed by atoms with Crippen molar-refractivity contribution in [3.63, 3.8) is 0 Å². The zero-order chi connectivity index (χ0) is 33.9. The van der Waals surface area contributed by atoms with Crippen LogP contribution in [0.25, 0.3) is 110 Å². The molecule has 0 atom stereocenters. The number of fused-ring (bicyclic) bond motifs is 13. The van der Waals surface area contributed by atoms with Crippen LogP contribution < -0.4 is 0 Å². The van der Waals surface area contributed by atoms with Crippen LogP contribution in [0.15, 0.2) is 170 Å². The summed E-state index contributed by atoms with van der Waals surface area (Å²) in [7, 11) is 0. The number of benzene rings is 8. The van der Waals surface area contributed by atoms with Crippen molar-refractivity contribution in [2.75, 3.05) is 0 Å². The largest absolute Gasteiger partial charge is 0.308 e. The molecule has 52 heavy (non-hydrogen) atoms. The summed E-state index contributed by atoms with van der Waals surface area (Å²) in [6.07, 6.45) is 0. The van der Waals surface area contributed by atoms with Crippen LogP contribution in [0.4, 0.5) is 0 Å². The number of hydrogen-bond donors (Lipinski definition) is 0. The quantitative estimate of drug-likeness (QED) is 0.189. The van der Waals surface area contributed by atoms with Gasteiger partial charge in [-0.25, -0.2) is 0 Å². The highest BCUT2D eigenvalue weighted by atomic mass is 15.2. The molecule has 0 amide bonds. The van der Waals surface area contributed by atoms with E-state index < -0.39 is 0 Å². The minimum atomic E-state index is 0.833. The maximum absolute atomic E-state index is 5.19. The molecular formula is C48H28N4. The lowest BCUT2D eigenvalue weighted by Gasteiger charge is -2.14. The predicted molar refractivity (Wildman–Crippen MR) is 217 cm³/mol. The lowest BCUT2D eigenvalue weighted by Crippen LogP contribution is -2.03. The normalized spacial score (nSPS) is 12.2. The standard InChI is InChI=1S/C48H28N4/c1-2-12-29(13-3-1)30-22-24-32(25-23-30)44-35-17-6-7-18-37(35)48(50-49-44)52-45-33-15-5-4-14-31(33)26-27-36(45)40-28-39-34-16-8-10-20-41(34)51-42-21-11-9-19-38(42)43(46(39)51)47(40)52/h1-28H. The Balaban J connectivity index is 1.24. The van der Waals surface area contributed by atoms with Gasteiger partial charge in [0, 0.05) is 54.0 Å². The van der Waals surface area contributed by atoms with Crippen LogP contribution in [-0.4, -0.2) is 19.2 Å². The molecule has 4 heteroatoms. The van der Waals surface area contributed by atoms with Gasteiger partial charge < -0.3 is 4.40 Å². The first-order chi connectivity index (χ1) is 25.8. The fourth-order valence-corrected chi connectivity index (χ4v) is 8.90. The highest BCUT2D eigenvalue weighted by molar-refractivity contribution is 6.35. The van der Waals surface area contributed by atoms with Crippen LogP contribution in [0.1, 0.15) is 0 Å². The van der Waals surface area contributed by atoms with Crippen molar-refractivity contribution in [2.24, 2.45) is 0 Å². The van der Waals surface area contributed by atoms with Crippen molar-refractivity contribution in [2.45, 2.75) is 0 Å². The van der Waals surface area contributed by atoms with E-state index in [1.54, 1.807) is 0 Å². The second kappa shape index (κ2) is 10.3. The first-order valence-corrected chi connectivity index (χ1v) is 17.8. The van der Waals surface area contributed by atoms with E-state index in [0.29, 0.717) is 0 Å². The lowest BCUT2D eigenvalue weighted by atomic mass is 10.0. The third-order valence-corrected chi connectivity index (χ3v) is 11.1. The minimum Gasteiger partial charge on any atom is -0.308 e. The van der Waals surface area contributed by atoms with Crippen molar-refractivity contribution in [1.82, 2.24) is 19.2 Å². The number of aromatic nitrogens is 4. The van der Waals surface area contributed by atoms with Crippen LogP contribution in [0.3, 0.4) is 0 Å². The van der Waals surface area contributed by atoms with Crippen molar-refractivity contribution < 1.29 is 0 Å². The second-order valence-electron chi connectivity index (χ2n) is 13.8. The van der Waals surface area contributed by atoms with Gasteiger partial charge in [0.1, 0.15) is 5.69 Å². The van der Waals surface area contributed by atoms with E-state index in [2.05, 4.69) is 179 Å². The zero-order valence-corrected chi connectivity index (χ0v) is 28.0. The van der Waals surface area contributed by atoms with E-state index in [9.17, 15) is 0 Å². The molecule has 0 saturated heterocycles. The number of para-hydroxylation sites is 2. The average Bonchev–Trinajstić information content (AvgIpc) is 3.86. The summed E-state index contributed by atoms with van der Waals surface area (Å²) in [5.41, 5.74) is 10.3. The van der Waals surface area contributed by atoms with Gasteiger partial charge in [-0.05, 0) is 34.7 Å². The van der Waals surface area contributed by atoms with Crippen molar-refractivity contribution in [3.8, 4) is 28.2 Å². The molecule has 4 aromatic heterocycles. The Morgan fingerprint density at radius 1 is 0.346 bits per heavy atom. The van der Waals surface area contributed by atoms with Gasteiger partial charge in [-0.1, -0.05) is 152 Å². The fraction of sp³-hybridized carbons (Fsp3) is 0. The monoisotopic (exact) mass is 660 g/mol. The third-order valence-electron chi connectivity index (χ3n) is 11.1. The Labute approximate surface area is 297 Å². The third kappa shape index (κ3) is 3.60. The minimum absolute atomic E-state index is 0.833. The van der Waals surface area contributed by atoms with Crippen molar-refractivity contribution in [3.05, 3.63) is 170 Å². The molecule has 4 nitrogen and oxygen atoms in total. The highest BCUT2D eigenvalue weighted by Crippen LogP contribution is 2.48. The summed E-state index contributed by atoms with van der Waals surface area (Å²) in [5.74, 6) is 0.833. The molecule has 0 bridgehead atoms. The van der Waals surface area contributed by atoms with Crippen LogP contribution in [-0.2, 0) is 0 Å². The average molecular weight is 661 g/mol. The maximum Gasteiger partial charge on any atom is 0.168 e. The molecule has 0 radical (unpaired) electrons. The Morgan fingerprint density at radius 3 is 1.75 bits per heavy atom. The molecule has 8 aromatic carbocycles. The summed E-state index contributed by atoms with van der Waals surface area (Å²) in [4.78, 5) is 0. The van der Waals surface area contributed by atoms with Gasteiger partial charge in [0.05, 0.1) is 27.6 Å². The molecule has 12 rings (SSSR count). The molecular weight excluding hydrogens is 633 g/mol. The smallest absolute Gasteiger partial charge is 0.168 e. The topological polar surface area (TPSA) is 35.1 Å². The number of nitrogens with zero attached hydrogens (tertiary/aromatic N) is 4. The second-order valence-corrected chi connectivity index (χ2v) is 13.8. The van der Waals surface area contributed by atoms with Gasteiger partial charge in [-0.15, -0.1) is 10.2 Å². The highest BCUT2D eigenvalue weighted by Gasteiger charge is 2.26. The number of hydrogen-bond acceptors (Lipinski definition) is 2. The molecule has 0 spiro atoms. The van der Waals surface area contributed by atoms with Crippen LogP contribution in [0.5, 0.6) is 0 Å². The van der Waals surface area contributed by atoms with Crippen molar-refractivity contribution >= 4 is 81.4 Å². The van der Waals surface area contributed by atoms with E-state index in [0.717, 1.165) is 38.9 Å². The summed E-state index contributed by atoms with van der Waals surface area (Å²) in [6, 6.07) is 61.1. The summed E-state index contributed by atoms with van der Waals surface area (Å²) < 4.78 is 4.88. The van der Waals surface area contributed by atoms with E-state index >= 15 is 0 Å². The van der Waals surface area contributed by atoms with Gasteiger partial charge in [-0.3, -0.25) is 4.57 Å². The molecule has 0 fully saturated rings. The van der Waals surface area contributed by atoms with E-state index in [1.165, 1.54) is 70.8 Å². The van der Waals surface area contributed by atoms with Crippen LogP contribution >= 0.6 is 0 Å². The summed E-state index contributed by atoms with van der Waals surface area (Å²) in [6.45, 7) is 0.